The highest BCUT2D eigenvalue weighted by molar-refractivity contribution is 7.89. The summed E-state index contributed by atoms with van der Waals surface area (Å²) >= 11 is 6.09. The Kier molecular flexibility index (Phi) is 5.50. The van der Waals surface area contributed by atoms with E-state index in [9.17, 15) is 8.42 Å². The highest BCUT2D eigenvalue weighted by atomic mass is 35.5. The Balaban J connectivity index is 1.39. The van der Waals surface area contributed by atoms with Gasteiger partial charge < -0.3 is 0 Å². The van der Waals surface area contributed by atoms with Crippen molar-refractivity contribution < 1.29 is 8.42 Å². The molecule has 1 aromatic heterocycles. The van der Waals surface area contributed by atoms with Gasteiger partial charge in [-0.05, 0) is 24.3 Å². The van der Waals surface area contributed by atoms with Crippen LogP contribution in [0.1, 0.15) is 5.56 Å². The Hall–Kier alpha value is -2.19. The number of hydrogen-bond donors (Lipinski definition) is 0. The fourth-order valence-electron chi connectivity index (χ4n) is 3.34. The van der Waals surface area contributed by atoms with Gasteiger partial charge in [0.25, 0.3) is 0 Å². The second-order valence-electron chi connectivity index (χ2n) is 6.74. The second-order valence-corrected chi connectivity index (χ2v) is 9.05. The lowest BCUT2D eigenvalue weighted by Crippen LogP contribution is -2.48. The molecular weight excluding hydrogens is 396 g/mol. The zero-order valence-electron chi connectivity index (χ0n) is 15.3. The maximum atomic E-state index is 12.8. The molecule has 0 N–H and O–H groups in total. The smallest absolute Gasteiger partial charge is 0.244 e. The molecule has 1 aliphatic heterocycles. The average molecular weight is 417 g/mol. The van der Waals surface area contributed by atoms with Crippen LogP contribution in [-0.2, 0) is 16.6 Å². The van der Waals surface area contributed by atoms with Crippen molar-refractivity contribution in [3.8, 4) is 5.69 Å². The van der Waals surface area contributed by atoms with Gasteiger partial charge in [-0.25, -0.2) is 13.1 Å². The number of rotatable bonds is 5. The summed E-state index contributed by atoms with van der Waals surface area (Å²) in [5, 5.41) is 4.69. The molecule has 3 aromatic rings. The minimum atomic E-state index is -3.56. The second kappa shape index (κ2) is 8.05. The molecule has 0 radical (unpaired) electrons. The molecule has 0 saturated carbocycles. The standard InChI is InChI=1S/C20H21ClN4O2S/c21-19-8-4-5-9-20(19)28(26,27)24-12-10-23(11-13-24)15-17-14-22-25(16-17)18-6-2-1-3-7-18/h1-9,14,16H,10-13,15H2. The lowest BCUT2D eigenvalue weighted by molar-refractivity contribution is 0.181. The van der Waals surface area contributed by atoms with Crippen molar-refractivity contribution in [1.82, 2.24) is 19.0 Å². The number of aromatic nitrogens is 2. The van der Waals surface area contributed by atoms with Crippen LogP contribution in [0.5, 0.6) is 0 Å². The van der Waals surface area contributed by atoms with Crippen LogP contribution in [0.15, 0.2) is 71.9 Å². The Morgan fingerprint density at radius 2 is 1.61 bits per heavy atom. The van der Waals surface area contributed by atoms with Gasteiger partial charge in [-0.2, -0.15) is 9.40 Å². The lowest BCUT2D eigenvalue weighted by Gasteiger charge is -2.33. The van der Waals surface area contributed by atoms with E-state index in [1.807, 2.05) is 47.4 Å². The van der Waals surface area contributed by atoms with Gasteiger partial charge in [0.15, 0.2) is 0 Å². The third-order valence-corrected chi connectivity index (χ3v) is 7.25. The summed E-state index contributed by atoms with van der Waals surface area (Å²) in [4.78, 5) is 2.42. The van der Waals surface area contributed by atoms with E-state index in [-0.39, 0.29) is 9.92 Å². The maximum absolute atomic E-state index is 12.8. The summed E-state index contributed by atoms with van der Waals surface area (Å²) < 4.78 is 29.1. The van der Waals surface area contributed by atoms with E-state index in [1.54, 1.807) is 24.3 Å². The molecule has 0 amide bonds. The van der Waals surface area contributed by atoms with E-state index in [2.05, 4.69) is 10.00 Å². The SMILES string of the molecule is O=S(=O)(c1ccccc1Cl)N1CCN(Cc2cnn(-c3ccccc3)c2)CC1. The monoisotopic (exact) mass is 416 g/mol. The van der Waals surface area contributed by atoms with E-state index in [1.165, 1.54) is 4.31 Å². The Bertz CT molecular complexity index is 1040. The molecular formula is C20H21ClN4O2S. The third kappa shape index (κ3) is 3.98. The average Bonchev–Trinajstić information content (AvgIpc) is 3.18. The summed E-state index contributed by atoms with van der Waals surface area (Å²) in [5.41, 5.74) is 2.12. The Morgan fingerprint density at radius 3 is 2.32 bits per heavy atom. The van der Waals surface area contributed by atoms with Gasteiger partial charge in [-0.1, -0.05) is 41.9 Å². The summed E-state index contributed by atoms with van der Waals surface area (Å²) in [7, 11) is -3.56. The molecule has 1 saturated heterocycles. The first kappa shape index (κ1) is 19.1. The highest BCUT2D eigenvalue weighted by Gasteiger charge is 2.29. The lowest BCUT2D eigenvalue weighted by atomic mass is 10.3. The van der Waals surface area contributed by atoms with Crippen LogP contribution in [-0.4, -0.2) is 53.6 Å². The minimum absolute atomic E-state index is 0.175. The number of para-hydroxylation sites is 1. The van der Waals surface area contributed by atoms with Crippen molar-refractivity contribution in [2.24, 2.45) is 0 Å². The van der Waals surface area contributed by atoms with Gasteiger partial charge in [0.05, 0.1) is 16.9 Å². The van der Waals surface area contributed by atoms with E-state index in [0.717, 1.165) is 17.8 Å². The predicted octanol–water partition coefficient (Wildman–Crippen LogP) is 3.03. The van der Waals surface area contributed by atoms with Crippen LogP contribution in [0.25, 0.3) is 5.69 Å². The first-order valence-corrected chi connectivity index (χ1v) is 10.9. The summed E-state index contributed by atoms with van der Waals surface area (Å²) in [6, 6.07) is 16.5. The quantitative estimate of drug-likeness (QED) is 0.641. The third-order valence-electron chi connectivity index (χ3n) is 4.85. The van der Waals surface area contributed by atoms with E-state index in [0.29, 0.717) is 26.2 Å². The predicted molar refractivity (Wildman–Crippen MR) is 109 cm³/mol. The molecule has 0 atom stereocenters. The van der Waals surface area contributed by atoms with Crippen molar-refractivity contribution in [1.29, 1.82) is 0 Å². The fraction of sp³-hybridized carbons (Fsp3) is 0.250. The largest absolute Gasteiger partial charge is 0.296 e. The van der Waals surface area contributed by atoms with Crippen molar-refractivity contribution >= 4 is 21.6 Å². The molecule has 6 nitrogen and oxygen atoms in total. The molecule has 0 spiro atoms. The molecule has 0 unspecified atom stereocenters. The first-order valence-electron chi connectivity index (χ1n) is 9.10. The number of hydrogen-bond acceptors (Lipinski definition) is 4. The zero-order chi connectivity index (χ0) is 19.6. The maximum Gasteiger partial charge on any atom is 0.244 e. The van der Waals surface area contributed by atoms with E-state index >= 15 is 0 Å². The molecule has 2 heterocycles. The summed E-state index contributed by atoms with van der Waals surface area (Å²) in [5.74, 6) is 0. The van der Waals surface area contributed by atoms with Crippen LogP contribution in [0.4, 0.5) is 0 Å². The number of piperazine rings is 1. The Labute approximate surface area is 170 Å². The van der Waals surface area contributed by atoms with Crippen molar-refractivity contribution in [2.75, 3.05) is 26.2 Å². The first-order chi connectivity index (χ1) is 13.5. The van der Waals surface area contributed by atoms with Gasteiger partial charge in [0.1, 0.15) is 4.90 Å². The molecule has 0 bridgehead atoms. The van der Waals surface area contributed by atoms with Crippen LogP contribution in [0.2, 0.25) is 5.02 Å². The van der Waals surface area contributed by atoms with Crippen molar-refractivity contribution in [3.05, 3.63) is 77.6 Å². The summed E-state index contributed by atoms with van der Waals surface area (Å²) in [6.07, 6.45) is 3.88. The van der Waals surface area contributed by atoms with Crippen LogP contribution in [0, 0.1) is 0 Å². The minimum Gasteiger partial charge on any atom is -0.296 e. The van der Waals surface area contributed by atoms with Gasteiger partial charge in [0, 0.05) is 44.5 Å². The topological polar surface area (TPSA) is 58.4 Å². The fourth-order valence-corrected chi connectivity index (χ4v) is 5.26. The van der Waals surface area contributed by atoms with Crippen molar-refractivity contribution in [2.45, 2.75) is 11.4 Å². The van der Waals surface area contributed by atoms with Gasteiger partial charge >= 0.3 is 0 Å². The number of halogens is 1. The number of nitrogens with zero attached hydrogens (tertiary/aromatic N) is 4. The van der Waals surface area contributed by atoms with Gasteiger partial charge in [0.2, 0.25) is 10.0 Å². The molecule has 8 heteroatoms. The number of sulfonamides is 1. The van der Waals surface area contributed by atoms with Gasteiger partial charge in [-0.15, -0.1) is 0 Å². The summed E-state index contributed by atoms with van der Waals surface area (Å²) in [6.45, 7) is 2.97. The molecule has 2 aromatic carbocycles. The Morgan fingerprint density at radius 1 is 0.929 bits per heavy atom. The molecule has 0 aliphatic carbocycles. The molecule has 146 valence electrons. The van der Waals surface area contributed by atoms with E-state index < -0.39 is 10.0 Å². The van der Waals surface area contributed by atoms with Crippen LogP contribution in [0.3, 0.4) is 0 Å². The van der Waals surface area contributed by atoms with Crippen molar-refractivity contribution in [3.63, 3.8) is 0 Å². The molecule has 4 rings (SSSR count). The normalized spacial score (nSPS) is 16.3. The molecule has 1 fully saturated rings. The molecule has 1 aliphatic rings. The highest BCUT2D eigenvalue weighted by Crippen LogP contribution is 2.25. The van der Waals surface area contributed by atoms with Crippen LogP contribution < -0.4 is 0 Å². The van der Waals surface area contributed by atoms with E-state index in [4.69, 9.17) is 11.6 Å². The molecule has 28 heavy (non-hydrogen) atoms. The van der Waals surface area contributed by atoms with Gasteiger partial charge in [-0.3, -0.25) is 4.90 Å². The zero-order valence-corrected chi connectivity index (χ0v) is 16.9. The number of benzene rings is 2. The van der Waals surface area contributed by atoms with Crippen LogP contribution >= 0.6 is 11.6 Å².